The molecule has 0 bridgehead atoms. The molecule has 0 aromatic heterocycles. The molecule has 5 heteroatoms. The molecule has 0 spiro atoms. The van der Waals surface area contributed by atoms with Crippen molar-refractivity contribution in [1.82, 2.24) is 0 Å². The predicted molar refractivity (Wildman–Crippen MR) is 88.1 cm³/mol. The summed E-state index contributed by atoms with van der Waals surface area (Å²) in [6.45, 7) is 5.83. The number of aliphatic carboxylic acids is 2. The fourth-order valence-electron chi connectivity index (χ4n) is 3.11. The molecule has 2 N–H and O–H groups in total. The van der Waals surface area contributed by atoms with E-state index in [0.29, 0.717) is 6.42 Å². The molecule has 128 valence electrons. The van der Waals surface area contributed by atoms with Gasteiger partial charge in [0.2, 0.25) is 0 Å². The lowest BCUT2D eigenvalue weighted by Crippen LogP contribution is -2.30. The van der Waals surface area contributed by atoms with Crippen molar-refractivity contribution in [2.75, 3.05) is 7.11 Å². The average molecular weight is 322 g/mol. The van der Waals surface area contributed by atoms with E-state index < -0.39 is 23.8 Å². The molecule has 1 unspecified atom stereocenters. The monoisotopic (exact) mass is 322 g/mol. The predicted octanol–water partition coefficient (Wildman–Crippen LogP) is 3.76. The Kier molecular flexibility index (Phi) is 7.07. The van der Waals surface area contributed by atoms with Crippen molar-refractivity contribution in [3.8, 4) is 5.75 Å². The Hall–Kier alpha value is -2.04. The number of hydrogen-bond acceptors (Lipinski definition) is 3. The molecule has 0 amide bonds. The molecule has 1 aromatic rings. The number of unbranched alkanes of at least 4 members (excludes halogenated alkanes) is 2. The maximum atomic E-state index is 11.5. The van der Waals surface area contributed by atoms with Crippen LogP contribution in [0.1, 0.15) is 55.2 Å². The van der Waals surface area contributed by atoms with Crippen LogP contribution in [0.15, 0.2) is 12.1 Å². The van der Waals surface area contributed by atoms with E-state index in [-0.39, 0.29) is 0 Å². The molecule has 0 saturated heterocycles. The highest BCUT2D eigenvalue weighted by Gasteiger charge is 2.35. The largest absolute Gasteiger partial charge is 0.496 e. The summed E-state index contributed by atoms with van der Waals surface area (Å²) in [7, 11) is 1.59. The van der Waals surface area contributed by atoms with E-state index in [1.165, 1.54) is 0 Å². The number of carboxylic acids is 2. The summed E-state index contributed by atoms with van der Waals surface area (Å²) >= 11 is 0. The quantitative estimate of drug-likeness (QED) is 0.534. The minimum atomic E-state index is -1.43. The summed E-state index contributed by atoms with van der Waals surface area (Å²) in [6.07, 6.45) is 3.31. The van der Waals surface area contributed by atoms with Crippen molar-refractivity contribution in [2.45, 2.75) is 52.4 Å². The van der Waals surface area contributed by atoms with E-state index in [1.54, 1.807) is 7.11 Å². The topological polar surface area (TPSA) is 83.8 Å². The highest BCUT2D eigenvalue weighted by Crippen LogP contribution is 2.35. The van der Waals surface area contributed by atoms with Crippen molar-refractivity contribution in [3.63, 3.8) is 0 Å². The van der Waals surface area contributed by atoms with E-state index in [1.807, 2.05) is 26.0 Å². The number of aryl methyl sites for hydroxylation is 2. The minimum Gasteiger partial charge on any atom is -0.496 e. The van der Waals surface area contributed by atoms with Gasteiger partial charge in [-0.25, -0.2) is 0 Å². The number of methoxy groups -OCH3 is 1. The lowest BCUT2D eigenvalue weighted by atomic mass is 9.81. The number of benzene rings is 1. The second-order valence-corrected chi connectivity index (χ2v) is 5.94. The molecule has 0 heterocycles. The standard InChI is InChI=1S/C18H26O5/c1-5-6-7-8-14(15(17(19)20)18(21)22)13-9-11(2)16(23-4)12(3)10-13/h9-10,14-15H,5-8H2,1-4H3,(H,19,20)(H,21,22). The second-order valence-electron chi connectivity index (χ2n) is 5.94. The normalized spacial score (nSPS) is 12.2. The molecule has 5 nitrogen and oxygen atoms in total. The summed E-state index contributed by atoms with van der Waals surface area (Å²) in [5.41, 5.74) is 2.53. The van der Waals surface area contributed by atoms with Crippen LogP contribution >= 0.6 is 0 Å². The Morgan fingerprint density at radius 2 is 1.61 bits per heavy atom. The van der Waals surface area contributed by atoms with Crippen molar-refractivity contribution < 1.29 is 24.5 Å². The molecule has 1 aromatic carbocycles. The Labute approximate surface area is 137 Å². The molecule has 0 aliphatic heterocycles. The number of ether oxygens (including phenoxy) is 1. The fraction of sp³-hybridized carbons (Fsp3) is 0.556. The summed E-state index contributed by atoms with van der Waals surface area (Å²) in [6, 6.07) is 3.70. The zero-order valence-electron chi connectivity index (χ0n) is 14.3. The van der Waals surface area contributed by atoms with E-state index in [9.17, 15) is 19.8 Å². The molecule has 1 atom stereocenters. The van der Waals surface area contributed by atoms with Gasteiger partial charge in [0.25, 0.3) is 0 Å². The van der Waals surface area contributed by atoms with E-state index in [4.69, 9.17) is 4.74 Å². The molecule has 0 saturated carbocycles. The summed E-state index contributed by atoms with van der Waals surface area (Å²) in [5.74, 6) is -3.79. The SMILES string of the molecule is CCCCCC(c1cc(C)c(OC)c(C)c1)C(C(=O)O)C(=O)O. The Morgan fingerprint density at radius 3 is 2.00 bits per heavy atom. The first-order valence-electron chi connectivity index (χ1n) is 7.94. The Morgan fingerprint density at radius 1 is 1.09 bits per heavy atom. The summed E-state index contributed by atoms with van der Waals surface area (Å²) < 4.78 is 5.33. The maximum absolute atomic E-state index is 11.5. The van der Waals surface area contributed by atoms with Gasteiger partial charge in [-0.3, -0.25) is 9.59 Å². The van der Waals surface area contributed by atoms with Gasteiger partial charge in [0.1, 0.15) is 5.75 Å². The van der Waals surface area contributed by atoms with Crippen LogP contribution < -0.4 is 4.74 Å². The van der Waals surface area contributed by atoms with Crippen LogP contribution in [-0.2, 0) is 9.59 Å². The molecular weight excluding hydrogens is 296 g/mol. The van der Waals surface area contributed by atoms with Gasteiger partial charge in [0.05, 0.1) is 7.11 Å². The first-order valence-corrected chi connectivity index (χ1v) is 7.94. The van der Waals surface area contributed by atoms with Gasteiger partial charge in [0, 0.05) is 5.92 Å². The zero-order valence-corrected chi connectivity index (χ0v) is 14.3. The fourth-order valence-corrected chi connectivity index (χ4v) is 3.11. The van der Waals surface area contributed by atoms with Gasteiger partial charge >= 0.3 is 11.9 Å². The molecule has 0 radical (unpaired) electrons. The van der Waals surface area contributed by atoms with Gasteiger partial charge < -0.3 is 14.9 Å². The number of carboxylic acid groups (broad SMARTS) is 2. The lowest BCUT2D eigenvalue weighted by Gasteiger charge is -2.23. The number of rotatable bonds is 9. The van der Waals surface area contributed by atoms with Crippen LogP contribution in [0, 0.1) is 19.8 Å². The smallest absolute Gasteiger partial charge is 0.318 e. The van der Waals surface area contributed by atoms with Crippen molar-refractivity contribution >= 4 is 11.9 Å². The first-order chi connectivity index (χ1) is 10.8. The molecular formula is C18H26O5. The third kappa shape index (κ3) is 4.71. The van der Waals surface area contributed by atoms with Crippen LogP contribution in [-0.4, -0.2) is 29.3 Å². The van der Waals surface area contributed by atoms with Crippen LogP contribution in [0.4, 0.5) is 0 Å². The molecule has 0 fully saturated rings. The maximum Gasteiger partial charge on any atom is 0.318 e. The minimum absolute atomic E-state index is 0.542. The van der Waals surface area contributed by atoms with Gasteiger partial charge in [-0.2, -0.15) is 0 Å². The van der Waals surface area contributed by atoms with E-state index >= 15 is 0 Å². The van der Waals surface area contributed by atoms with Crippen LogP contribution in [0.25, 0.3) is 0 Å². The third-order valence-corrected chi connectivity index (χ3v) is 4.17. The zero-order chi connectivity index (χ0) is 17.6. The summed E-state index contributed by atoms with van der Waals surface area (Å²) in [4.78, 5) is 23.0. The van der Waals surface area contributed by atoms with Crippen LogP contribution in [0.2, 0.25) is 0 Å². The van der Waals surface area contributed by atoms with Gasteiger partial charge in [-0.05, 0) is 37.0 Å². The lowest BCUT2D eigenvalue weighted by molar-refractivity contribution is -0.155. The second kappa shape index (κ2) is 8.56. The first kappa shape index (κ1) is 19.0. The molecule has 23 heavy (non-hydrogen) atoms. The highest BCUT2D eigenvalue weighted by atomic mass is 16.5. The third-order valence-electron chi connectivity index (χ3n) is 4.17. The average Bonchev–Trinajstić information content (AvgIpc) is 2.45. The van der Waals surface area contributed by atoms with Crippen LogP contribution in [0.5, 0.6) is 5.75 Å². The Balaban J connectivity index is 3.28. The summed E-state index contributed by atoms with van der Waals surface area (Å²) in [5, 5.41) is 18.7. The molecule has 0 aliphatic carbocycles. The van der Waals surface area contributed by atoms with Gasteiger partial charge in [0.15, 0.2) is 5.92 Å². The van der Waals surface area contributed by atoms with Crippen LogP contribution in [0.3, 0.4) is 0 Å². The Bertz CT molecular complexity index is 528. The van der Waals surface area contributed by atoms with Gasteiger partial charge in [-0.15, -0.1) is 0 Å². The van der Waals surface area contributed by atoms with E-state index in [2.05, 4.69) is 6.92 Å². The molecule has 0 aliphatic rings. The van der Waals surface area contributed by atoms with Crippen molar-refractivity contribution in [2.24, 2.45) is 5.92 Å². The van der Waals surface area contributed by atoms with Crippen molar-refractivity contribution in [1.29, 1.82) is 0 Å². The highest BCUT2D eigenvalue weighted by molar-refractivity contribution is 5.94. The van der Waals surface area contributed by atoms with Crippen molar-refractivity contribution in [3.05, 3.63) is 28.8 Å². The van der Waals surface area contributed by atoms with Gasteiger partial charge in [-0.1, -0.05) is 38.3 Å². The van der Waals surface area contributed by atoms with E-state index in [0.717, 1.165) is 41.7 Å². The number of carbonyl (C=O) groups is 2. The molecule has 1 rings (SSSR count). The number of hydrogen-bond donors (Lipinski definition) is 2.